The normalized spacial score (nSPS) is 19.9. The number of benzene rings is 2. The highest BCUT2D eigenvalue weighted by atomic mass is 19.1. The van der Waals surface area contributed by atoms with Gasteiger partial charge in [-0.1, -0.05) is 12.1 Å². The van der Waals surface area contributed by atoms with Crippen LogP contribution < -0.4 is 10.6 Å². The molecule has 2 N–H and O–H groups in total. The molecule has 0 spiro atoms. The quantitative estimate of drug-likeness (QED) is 0.409. The van der Waals surface area contributed by atoms with Gasteiger partial charge in [-0.2, -0.15) is 5.10 Å². The van der Waals surface area contributed by atoms with Crippen LogP contribution in [0.3, 0.4) is 0 Å². The van der Waals surface area contributed by atoms with Crippen LogP contribution in [0.4, 0.5) is 4.39 Å². The van der Waals surface area contributed by atoms with Gasteiger partial charge in [-0.05, 0) is 93.1 Å². The van der Waals surface area contributed by atoms with E-state index in [1.54, 1.807) is 23.0 Å². The maximum absolute atomic E-state index is 13.3. The van der Waals surface area contributed by atoms with Crippen LogP contribution >= 0.6 is 0 Å². The van der Waals surface area contributed by atoms with Crippen molar-refractivity contribution in [2.24, 2.45) is 0 Å². The summed E-state index contributed by atoms with van der Waals surface area (Å²) in [6.45, 7) is 2.27. The van der Waals surface area contributed by atoms with E-state index < -0.39 is 6.04 Å². The van der Waals surface area contributed by atoms with E-state index in [4.69, 9.17) is 0 Å². The minimum atomic E-state index is -0.551. The first-order valence-corrected chi connectivity index (χ1v) is 13.3. The van der Waals surface area contributed by atoms with Crippen LogP contribution in [0.15, 0.2) is 67.0 Å². The number of halogens is 1. The van der Waals surface area contributed by atoms with E-state index in [1.807, 2.05) is 41.4 Å². The molecule has 1 saturated heterocycles. The number of hydrogen-bond donors (Lipinski definition) is 2. The summed E-state index contributed by atoms with van der Waals surface area (Å²) in [4.78, 5) is 28.3. The summed E-state index contributed by atoms with van der Waals surface area (Å²) in [5.74, 6) is -0.0317. The fraction of sp³-hybridized carbons (Fsp3) is 0.414. The number of carbonyl (C=O) groups excluding carboxylic acids is 2. The Bertz CT molecular complexity index is 1170. The Labute approximate surface area is 217 Å². The summed E-state index contributed by atoms with van der Waals surface area (Å²) in [6.07, 6.45) is 9.10. The van der Waals surface area contributed by atoms with Gasteiger partial charge in [-0.25, -0.2) is 9.07 Å². The zero-order valence-electron chi connectivity index (χ0n) is 21.0. The van der Waals surface area contributed by atoms with E-state index in [1.165, 1.54) is 12.1 Å². The van der Waals surface area contributed by atoms with Crippen LogP contribution in [0.5, 0.6) is 0 Å². The van der Waals surface area contributed by atoms with Crippen LogP contribution in [-0.4, -0.2) is 58.2 Å². The molecule has 0 unspecified atom stereocenters. The van der Waals surface area contributed by atoms with Crippen molar-refractivity contribution >= 4 is 11.8 Å². The molecule has 0 bridgehead atoms. The zero-order chi connectivity index (χ0) is 25.6. The van der Waals surface area contributed by atoms with Crippen molar-refractivity contribution in [2.45, 2.75) is 56.5 Å². The largest absolute Gasteiger partial charge is 0.341 e. The highest BCUT2D eigenvalue weighted by Gasteiger charge is 2.37. The van der Waals surface area contributed by atoms with E-state index in [0.29, 0.717) is 23.9 Å². The summed E-state index contributed by atoms with van der Waals surface area (Å²) < 4.78 is 14.9. The molecule has 2 amide bonds. The Morgan fingerprint density at radius 1 is 1.03 bits per heavy atom. The van der Waals surface area contributed by atoms with Crippen molar-refractivity contribution in [3.05, 3.63) is 83.9 Å². The van der Waals surface area contributed by atoms with E-state index in [-0.39, 0.29) is 17.6 Å². The van der Waals surface area contributed by atoms with Crippen LogP contribution in [0.2, 0.25) is 0 Å². The molecule has 7 nitrogen and oxygen atoms in total. The van der Waals surface area contributed by atoms with Gasteiger partial charge in [-0.15, -0.1) is 0 Å². The van der Waals surface area contributed by atoms with Crippen molar-refractivity contribution in [2.75, 3.05) is 19.6 Å². The molecule has 194 valence electrons. The molecule has 2 fully saturated rings. The lowest BCUT2D eigenvalue weighted by molar-refractivity contribution is -0.134. The third kappa shape index (κ3) is 6.43. The maximum Gasteiger partial charge on any atom is 0.251 e. The fourth-order valence-corrected chi connectivity index (χ4v) is 5.11. The van der Waals surface area contributed by atoms with Crippen LogP contribution in [0.25, 0.3) is 5.69 Å². The predicted molar refractivity (Wildman–Crippen MR) is 140 cm³/mol. The molecule has 3 atom stereocenters. The van der Waals surface area contributed by atoms with Crippen molar-refractivity contribution in [3.8, 4) is 5.69 Å². The molecular weight excluding hydrogens is 469 g/mol. The molecule has 37 heavy (non-hydrogen) atoms. The molecule has 2 aromatic carbocycles. The number of nitrogens with zero attached hydrogens (tertiary/aromatic N) is 3. The van der Waals surface area contributed by atoms with Crippen LogP contribution in [0.1, 0.15) is 60.4 Å². The highest BCUT2D eigenvalue weighted by Crippen LogP contribution is 2.40. The summed E-state index contributed by atoms with van der Waals surface area (Å²) in [6, 6.07) is 15.6. The van der Waals surface area contributed by atoms with Crippen LogP contribution in [-0.2, 0) is 4.79 Å². The number of rotatable bonds is 10. The number of nitrogens with one attached hydrogen (secondary N) is 2. The second-order valence-corrected chi connectivity index (χ2v) is 10.0. The number of amides is 2. The Morgan fingerprint density at radius 3 is 2.49 bits per heavy atom. The molecule has 1 saturated carbocycles. The predicted octanol–water partition coefficient (Wildman–Crippen LogP) is 4.05. The molecule has 2 heterocycles. The average molecular weight is 504 g/mol. The summed E-state index contributed by atoms with van der Waals surface area (Å²) >= 11 is 0. The average Bonchev–Trinajstić information content (AvgIpc) is 3.49. The monoisotopic (exact) mass is 503 g/mol. The Hall–Kier alpha value is -3.52. The lowest BCUT2D eigenvalue weighted by atomic mass is 10.1. The van der Waals surface area contributed by atoms with Gasteiger partial charge in [-0.3, -0.25) is 9.59 Å². The molecule has 0 radical (unpaired) electrons. The summed E-state index contributed by atoms with van der Waals surface area (Å²) in [5, 5.41) is 10.8. The molecule has 3 aromatic rings. The molecule has 1 aromatic heterocycles. The molecule has 8 heteroatoms. The second kappa shape index (κ2) is 11.7. The number of carbonyl (C=O) groups is 2. The van der Waals surface area contributed by atoms with Crippen LogP contribution in [0, 0.1) is 5.82 Å². The smallest absolute Gasteiger partial charge is 0.251 e. The van der Waals surface area contributed by atoms with Crippen molar-refractivity contribution < 1.29 is 14.0 Å². The number of aromatic nitrogens is 2. The molecule has 1 aliphatic carbocycles. The maximum atomic E-state index is 13.3. The van der Waals surface area contributed by atoms with Gasteiger partial charge in [0.05, 0.1) is 5.69 Å². The van der Waals surface area contributed by atoms with Gasteiger partial charge in [0.25, 0.3) is 5.91 Å². The lowest BCUT2D eigenvalue weighted by Crippen LogP contribution is -2.50. The Morgan fingerprint density at radius 2 is 1.78 bits per heavy atom. The fourth-order valence-electron chi connectivity index (χ4n) is 5.11. The van der Waals surface area contributed by atoms with E-state index in [0.717, 1.165) is 63.0 Å². The van der Waals surface area contributed by atoms with Gasteiger partial charge < -0.3 is 15.5 Å². The minimum absolute atomic E-state index is 0.0109. The van der Waals surface area contributed by atoms with Crippen molar-refractivity contribution in [1.29, 1.82) is 0 Å². The van der Waals surface area contributed by atoms with Gasteiger partial charge in [0.2, 0.25) is 5.91 Å². The van der Waals surface area contributed by atoms with Crippen molar-refractivity contribution in [1.82, 2.24) is 25.3 Å². The van der Waals surface area contributed by atoms with Gasteiger partial charge in [0.15, 0.2) is 0 Å². The number of piperidine rings is 1. The first kappa shape index (κ1) is 25.1. The number of likely N-dealkylation sites (tertiary alicyclic amines) is 1. The SMILES string of the molecule is O=C(N[C@@H](CCCN[C@@H]1C[C@H]1c1ccc(F)cc1)C(=O)N1CCCCC1)c1ccc(-n2cccn2)cc1. The third-order valence-corrected chi connectivity index (χ3v) is 7.33. The highest BCUT2D eigenvalue weighted by molar-refractivity contribution is 5.97. The van der Waals surface area contributed by atoms with E-state index in [2.05, 4.69) is 15.7 Å². The summed E-state index contributed by atoms with van der Waals surface area (Å²) in [5.41, 5.74) is 2.54. The first-order valence-electron chi connectivity index (χ1n) is 13.3. The zero-order valence-corrected chi connectivity index (χ0v) is 21.0. The van der Waals surface area contributed by atoms with Gasteiger partial charge in [0.1, 0.15) is 11.9 Å². The molecule has 5 rings (SSSR count). The topological polar surface area (TPSA) is 79.3 Å². The van der Waals surface area contributed by atoms with E-state index in [9.17, 15) is 14.0 Å². The molecular formula is C29H34FN5O2. The minimum Gasteiger partial charge on any atom is -0.341 e. The third-order valence-electron chi connectivity index (χ3n) is 7.33. The standard InChI is InChI=1S/C29H34FN5O2/c30-23-11-7-21(8-12-23)25-20-27(25)31-15-4-6-26(29(37)34-17-2-1-3-18-34)33-28(36)22-9-13-24(14-10-22)35-19-5-16-32-35/h5,7-14,16,19,25-27,31H,1-4,6,15,17-18,20H2,(H,33,36)/t25-,26-,27+/m0/s1. The lowest BCUT2D eigenvalue weighted by Gasteiger charge is -2.31. The number of hydrogen-bond acceptors (Lipinski definition) is 4. The van der Waals surface area contributed by atoms with E-state index >= 15 is 0 Å². The van der Waals surface area contributed by atoms with Gasteiger partial charge in [0, 0.05) is 43.0 Å². The van der Waals surface area contributed by atoms with Gasteiger partial charge >= 0.3 is 0 Å². The Balaban J connectivity index is 1.16. The molecule has 1 aliphatic heterocycles. The Kier molecular flexibility index (Phi) is 7.94. The second-order valence-electron chi connectivity index (χ2n) is 10.0. The van der Waals surface area contributed by atoms with Crippen molar-refractivity contribution in [3.63, 3.8) is 0 Å². The molecule has 2 aliphatic rings. The summed E-state index contributed by atoms with van der Waals surface area (Å²) in [7, 11) is 0. The first-order chi connectivity index (χ1) is 18.1.